The average Bonchev–Trinajstić information content (AvgIpc) is 2.95. The standard InChI is InChI=1S/C27H26N4O7/c1-35-20-7-5-17(14-22(20)36-2)9-11-30-26(33)25-19(4-3-10-28-25)31(27(30)34)16-24(32)29-18-6-8-21-23(15-18)38-13-12-37-21/h3-8,10,14-15H,9,11-13,16H2,1-2H3,(H,29,32). The maximum absolute atomic E-state index is 13.5. The molecule has 3 heterocycles. The Hall–Kier alpha value is -4.80. The number of carbonyl (C=O) groups excluding carboxylic acids is 1. The van der Waals surface area contributed by atoms with Crippen molar-refractivity contribution in [2.75, 3.05) is 32.8 Å². The lowest BCUT2D eigenvalue weighted by Crippen LogP contribution is -2.42. The second-order valence-electron chi connectivity index (χ2n) is 8.54. The second-order valence-corrected chi connectivity index (χ2v) is 8.54. The van der Waals surface area contributed by atoms with E-state index in [2.05, 4.69) is 10.3 Å². The fourth-order valence-corrected chi connectivity index (χ4v) is 4.34. The molecule has 0 fully saturated rings. The van der Waals surface area contributed by atoms with Crippen LogP contribution in [0.1, 0.15) is 5.56 Å². The first kappa shape index (κ1) is 24.9. The number of ether oxygens (including phenoxy) is 4. The normalized spacial score (nSPS) is 12.3. The Morgan fingerprint density at radius 3 is 2.55 bits per heavy atom. The molecule has 38 heavy (non-hydrogen) atoms. The van der Waals surface area contributed by atoms with Crippen LogP contribution in [0.25, 0.3) is 11.0 Å². The van der Waals surface area contributed by atoms with Crippen LogP contribution in [-0.4, -0.2) is 47.5 Å². The topological polar surface area (TPSA) is 123 Å². The molecule has 0 radical (unpaired) electrons. The first-order valence-electron chi connectivity index (χ1n) is 12.0. The highest BCUT2D eigenvalue weighted by atomic mass is 16.6. The highest BCUT2D eigenvalue weighted by Crippen LogP contribution is 2.32. The molecule has 0 aliphatic carbocycles. The van der Waals surface area contributed by atoms with E-state index in [-0.39, 0.29) is 24.1 Å². The number of hydrogen-bond acceptors (Lipinski definition) is 8. The number of methoxy groups -OCH3 is 2. The predicted molar refractivity (Wildman–Crippen MR) is 140 cm³/mol. The van der Waals surface area contributed by atoms with E-state index in [1.54, 1.807) is 49.6 Å². The van der Waals surface area contributed by atoms with Gasteiger partial charge in [-0.1, -0.05) is 6.07 Å². The van der Waals surface area contributed by atoms with Crippen LogP contribution in [-0.2, 0) is 24.3 Å². The quantitative estimate of drug-likeness (QED) is 0.377. The molecule has 0 bridgehead atoms. The van der Waals surface area contributed by atoms with Gasteiger partial charge in [0.2, 0.25) is 5.91 Å². The van der Waals surface area contributed by atoms with Gasteiger partial charge in [-0.3, -0.25) is 18.7 Å². The Morgan fingerprint density at radius 1 is 0.974 bits per heavy atom. The molecule has 0 saturated heterocycles. The summed E-state index contributed by atoms with van der Waals surface area (Å²) < 4.78 is 24.1. The van der Waals surface area contributed by atoms with Crippen molar-refractivity contribution < 1.29 is 23.7 Å². The van der Waals surface area contributed by atoms with Gasteiger partial charge in [-0.05, 0) is 48.4 Å². The van der Waals surface area contributed by atoms with Crippen LogP contribution >= 0.6 is 0 Å². The fraction of sp³-hybridized carbons (Fsp3) is 0.259. The van der Waals surface area contributed by atoms with Gasteiger partial charge in [0.25, 0.3) is 5.56 Å². The lowest BCUT2D eigenvalue weighted by atomic mass is 10.1. The first-order valence-corrected chi connectivity index (χ1v) is 12.0. The van der Waals surface area contributed by atoms with Crippen LogP contribution in [0.4, 0.5) is 5.69 Å². The fourth-order valence-electron chi connectivity index (χ4n) is 4.34. The Balaban J connectivity index is 1.43. The molecule has 0 spiro atoms. The molecule has 0 atom stereocenters. The van der Waals surface area contributed by atoms with Crippen molar-refractivity contribution in [3.63, 3.8) is 0 Å². The summed E-state index contributed by atoms with van der Waals surface area (Å²) in [6.07, 6.45) is 1.85. The largest absolute Gasteiger partial charge is 0.493 e. The van der Waals surface area contributed by atoms with E-state index in [4.69, 9.17) is 18.9 Å². The summed E-state index contributed by atoms with van der Waals surface area (Å²) in [4.78, 5) is 43.8. The third-order valence-electron chi connectivity index (χ3n) is 6.19. The number of pyridine rings is 1. The number of rotatable bonds is 8. The third kappa shape index (κ3) is 4.90. The second kappa shape index (κ2) is 10.7. The first-order chi connectivity index (χ1) is 18.5. The SMILES string of the molecule is COc1ccc(CCn2c(=O)c3ncccc3n(CC(=O)Nc3ccc4c(c3)OCCO4)c2=O)cc1OC. The molecule has 196 valence electrons. The Labute approximate surface area is 217 Å². The van der Waals surface area contributed by atoms with E-state index in [1.807, 2.05) is 6.07 Å². The molecule has 5 rings (SSSR count). The van der Waals surface area contributed by atoms with Crippen LogP contribution in [0.15, 0.2) is 64.3 Å². The van der Waals surface area contributed by atoms with Crippen LogP contribution in [0.2, 0.25) is 0 Å². The molecule has 1 aliphatic heterocycles. The predicted octanol–water partition coefficient (Wildman–Crippen LogP) is 2.23. The van der Waals surface area contributed by atoms with Crippen molar-refractivity contribution in [3.05, 3.63) is 81.1 Å². The number of carbonyl (C=O) groups is 1. The maximum atomic E-state index is 13.5. The van der Waals surface area contributed by atoms with Gasteiger partial charge in [0.15, 0.2) is 28.5 Å². The zero-order valence-electron chi connectivity index (χ0n) is 20.9. The minimum atomic E-state index is -0.603. The van der Waals surface area contributed by atoms with Gasteiger partial charge >= 0.3 is 5.69 Å². The van der Waals surface area contributed by atoms with Crippen molar-refractivity contribution in [2.24, 2.45) is 0 Å². The molecule has 2 aromatic heterocycles. The van der Waals surface area contributed by atoms with E-state index in [0.717, 1.165) is 10.1 Å². The summed E-state index contributed by atoms with van der Waals surface area (Å²) in [7, 11) is 3.08. The van der Waals surface area contributed by atoms with E-state index < -0.39 is 17.2 Å². The van der Waals surface area contributed by atoms with Gasteiger partial charge in [-0.2, -0.15) is 0 Å². The number of aromatic nitrogens is 3. The number of fused-ring (bicyclic) bond motifs is 2. The molecule has 11 nitrogen and oxygen atoms in total. The van der Waals surface area contributed by atoms with Gasteiger partial charge in [0.05, 0.1) is 19.7 Å². The Kier molecular flexibility index (Phi) is 6.98. The molecule has 4 aromatic rings. The number of anilines is 1. The van der Waals surface area contributed by atoms with Gasteiger partial charge in [0.1, 0.15) is 19.8 Å². The number of nitrogens with one attached hydrogen (secondary N) is 1. The van der Waals surface area contributed by atoms with Gasteiger partial charge in [-0.15, -0.1) is 0 Å². The lowest BCUT2D eigenvalue weighted by molar-refractivity contribution is -0.116. The van der Waals surface area contributed by atoms with E-state index >= 15 is 0 Å². The number of nitrogens with zero attached hydrogens (tertiary/aromatic N) is 3. The molecular formula is C27H26N4O7. The van der Waals surface area contributed by atoms with E-state index in [9.17, 15) is 14.4 Å². The summed E-state index contributed by atoms with van der Waals surface area (Å²) in [5.74, 6) is 1.81. The van der Waals surface area contributed by atoms with Crippen LogP contribution in [0, 0.1) is 0 Å². The van der Waals surface area contributed by atoms with Crippen LogP contribution in [0.3, 0.4) is 0 Å². The van der Waals surface area contributed by atoms with Gasteiger partial charge < -0.3 is 24.3 Å². The van der Waals surface area contributed by atoms with E-state index in [0.29, 0.717) is 48.3 Å². The minimum Gasteiger partial charge on any atom is -0.493 e. The maximum Gasteiger partial charge on any atom is 0.332 e. The average molecular weight is 519 g/mol. The monoisotopic (exact) mass is 518 g/mol. The zero-order chi connectivity index (χ0) is 26.6. The minimum absolute atomic E-state index is 0.0868. The molecule has 2 aromatic carbocycles. The highest BCUT2D eigenvalue weighted by Gasteiger charge is 2.18. The molecular weight excluding hydrogens is 492 g/mol. The van der Waals surface area contributed by atoms with E-state index in [1.165, 1.54) is 17.9 Å². The van der Waals surface area contributed by atoms with Crippen LogP contribution in [0.5, 0.6) is 23.0 Å². The van der Waals surface area contributed by atoms with Crippen molar-refractivity contribution in [2.45, 2.75) is 19.5 Å². The highest BCUT2D eigenvalue weighted by molar-refractivity contribution is 5.91. The molecule has 1 amide bonds. The van der Waals surface area contributed by atoms with Crippen molar-refractivity contribution in [1.29, 1.82) is 0 Å². The Morgan fingerprint density at radius 2 is 1.76 bits per heavy atom. The van der Waals surface area contributed by atoms with Crippen LogP contribution < -0.4 is 35.5 Å². The summed E-state index contributed by atoms with van der Waals surface area (Å²) >= 11 is 0. The number of aryl methyl sites for hydroxylation is 1. The summed E-state index contributed by atoms with van der Waals surface area (Å²) in [6, 6.07) is 13.7. The number of benzene rings is 2. The van der Waals surface area contributed by atoms with Gasteiger partial charge in [0, 0.05) is 24.5 Å². The van der Waals surface area contributed by atoms with Crippen molar-refractivity contribution in [3.8, 4) is 23.0 Å². The lowest BCUT2D eigenvalue weighted by Gasteiger charge is -2.19. The van der Waals surface area contributed by atoms with Crippen molar-refractivity contribution >= 4 is 22.6 Å². The number of hydrogen-bond donors (Lipinski definition) is 1. The molecule has 0 unspecified atom stereocenters. The van der Waals surface area contributed by atoms with Crippen molar-refractivity contribution in [1.82, 2.24) is 14.1 Å². The zero-order valence-corrected chi connectivity index (χ0v) is 20.9. The Bertz CT molecular complexity index is 1630. The summed E-state index contributed by atoms with van der Waals surface area (Å²) in [5.41, 5.74) is 0.603. The molecule has 0 saturated carbocycles. The smallest absolute Gasteiger partial charge is 0.332 e. The number of amides is 1. The molecule has 1 N–H and O–H groups in total. The summed E-state index contributed by atoms with van der Waals surface area (Å²) in [6.45, 7) is 0.656. The third-order valence-corrected chi connectivity index (χ3v) is 6.19. The summed E-state index contributed by atoms with van der Waals surface area (Å²) in [5, 5.41) is 2.78. The van der Waals surface area contributed by atoms with Gasteiger partial charge in [-0.25, -0.2) is 9.78 Å². The molecule has 1 aliphatic rings. The molecule has 11 heteroatoms.